The predicted molar refractivity (Wildman–Crippen MR) is 80.0 cm³/mol. The molecule has 0 amide bonds. The summed E-state index contributed by atoms with van der Waals surface area (Å²) in [5.41, 5.74) is 1.23. The summed E-state index contributed by atoms with van der Waals surface area (Å²) in [6.45, 7) is 5.53. The normalized spacial score (nSPS) is 12.4. The molecule has 0 saturated carbocycles. The molecule has 2 rings (SSSR count). The maximum absolute atomic E-state index is 5.85. The number of hydrogen-bond acceptors (Lipinski definition) is 4. The molecule has 0 spiro atoms. The van der Waals surface area contributed by atoms with Gasteiger partial charge in [0.05, 0.1) is 12.8 Å². The number of benzene rings is 1. The first kappa shape index (κ1) is 14.3. The Hall–Kier alpha value is -1.10. The van der Waals surface area contributed by atoms with Crippen LogP contribution in [0, 0.1) is 0 Å². The SMILES string of the molecule is CCOc1ccc(C(C)NCc2ncc(Cl)s2)cc1. The van der Waals surface area contributed by atoms with Crippen molar-refractivity contribution in [1.29, 1.82) is 0 Å². The van der Waals surface area contributed by atoms with E-state index in [1.807, 2.05) is 19.1 Å². The van der Waals surface area contributed by atoms with Crippen LogP contribution < -0.4 is 10.1 Å². The summed E-state index contributed by atoms with van der Waals surface area (Å²) in [5.74, 6) is 0.908. The van der Waals surface area contributed by atoms with E-state index in [2.05, 4.69) is 29.4 Å². The molecule has 0 saturated heterocycles. The highest BCUT2D eigenvalue weighted by atomic mass is 35.5. The molecule has 0 aliphatic carbocycles. The molecule has 1 N–H and O–H groups in total. The molecule has 3 nitrogen and oxygen atoms in total. The summed E-state index contributed by atoms with van der Waals surface area (Å²) in [7, 11) is 0. The number of ether oxygens (including phenoxy) is 1. The lowest BCUT2D eigenvalue weighted by molar-refractivity contribution is 0.340. The summed E-state index contributed by atoms with van der Waals surface area (Å²) < 4.78 is 6.16. The van der Waals surface area contributed by atoms with Crippen LogP contribution in [0.4, 0.5) is 0 Å². The first-order valence-corrected chi connectivity index (χ1v) is 7.45. The second-order valence-corrected chi connectivity index (χ2v) is 5.91. The third-order valence-corrected chi connectivity index (χ3v) is 3.89. The van der Waals surface area contributed by atoms with Crippen LogP contribution in [0.5, 0.6) is 5.75 Å². The van der Waals surface area contributed by atoms with E-state index in [-0.39, 0.29) is 6.04 Å². The summed E-state index contributed by atoms with van der Waals surface area (Å²) in [5, 5.41) is 4.43. The fourth-order valence-electron chi connectivity index (χ4n) is 1.75. The molecular formula is C14H17ClN2OS. The first-order valence-electron chi connectivity index (χ1n) is 6.25. The molecule has 1 heterocycles. The van der Waals surface area contributed by atoms with Gasteiger partial charge < -0.3 is 10.1 Å². The van der Waals surface area contributed by atoms with Gasteiger partial charge in [-0.2, -0.15) is 0 Å². The Morgan fingerprint density at radius 3 is 2.68 bits per heavy atom. The smallest absolute Gasteiger partial charge is 0.119 e. The molecule has 0 aliphatic heterocycles. The average molecular weight is 297 g/mol. The molecule has 5 heteroatoms. The third kappa shape index (κ3) is 4.20. The molecule has 1 atom stereocenters. The minimum absolute atomic E-state index is 0.262. The molecule has 0 bridgehead atoms. The van der Waals surface area contributed by atoms with Gasteiger partial charge in [-0.15, -0.1) is 11.3 Å². The van der Waals surface area contributed by atoms with Gasteiger partial charge in [-0.1, -0.05) is 23.7 Å². The van der Waals surface area contributed by atoms with Gasteiger partial charge in [-0.3, -0.25) is 0 Å². The van der Waals surface area contributed by atoms with E-state index in [0.717, 1.165) is 21.6 Å². The van der Waals surface area contributed by atoms with Crippen LogP contribution in [0.25, 0.3) is 0 Å². The summed E-state index contributed by atoms with van der Waals surface area (Å²) in [6, 6.07) is 8.42. The Balaban J connectivity index is 1.90. The molecular weight excluding hydrogens is 280 g/mol. The largest absolute Gasteiger partial charge is 0.494 e. The van der Waals surface area contributed by atoms with E-state index in [0.29, 0.717) is 6.61 Å². The zero-order valence-electron chi connectivity index (χ0n) is 11.0. The third-order valence-electron chi connectivity index (χ3n) is 2.78. The zero-order chi connectivity index (χ0) is 13.7. The van der Waals surface area contributed by atoms with Gasteiger partial charge >= 0.3 is 0 Å². The topological polar surface area (TPSA) is 34.1 Å². The van der Waals surface area contributed by atoms with Crippen molar-refractivity contribution in [1.82, 2.24) is 10.3 Å². The lowest BCUT2D eigenvalue weighted by Crippen LogP contribution is -2.17. The van der Waals surface area contributed by atoms with Crippen LogP contribution in [-0.2, 0) is 6.54 Å². The van der Waals surface area contributed by atoms with E-state index in [1.54, 1.807) is 6.20 Å². The van der Waals surface area contributed by atoms with Gasteiger partial charge in [0.1, 0.15) is 15.1 Å². The Kier molecular flexibility index (Phi) is 5.19. The molecule has 102 valence electrons. The predicted octanol–water partition coefficient (Wildman–Crippen LogP) is 4.05. The quantitative estimate of drug-likeness (QED) is 0.873. The van der Waals surface area contributed by atoms with Crippen LogP contribution in [0.15, 0.2) is 30.5 Å². The van der Waals surface area contributed by atoms with Crippen molar-refractivity contribution in [2.75, 3.05) is 6.61 Å². The zero-order valence-corrected chi connectivity index (χ0v) is 12.6. The lowest BCUT2D eigenvalue weighted by atomic mass is 10.1. The molecule has 1 unspecified atom stereocenters. The number of thiazole rings is 1. The molecule has 2 aromatic rings. The minimum atomic E-state index is 0.262. The standard InChI is InChI=1S/C14H17ClN2OS/c1-3-18-12-6-4-11(5-7-12)10(2)16-9-14-17-8-13(15)19-14/h4-8,10,16H,3,9H2,1-2H3. The summed E-state index contributed by atoms with van der Waals surface area (Å²) in [4.78, 5) is 4.22. The molecule has 1 aromatic heterocycles. The van der Waals surface area contributed by atoms with Crippen LogP contribution >= 0.6 is 22.9 Å². The molecule has 19 heavy (non-hydrogen) atoms. The number of rotatable bonds is 6. The molecule has 0 aliphatic rings. The van der Waals surface area contributed by atoms with Gasteiger partial charge in [0.25, 0.3) is 0 Å². The van der Waals surface area contributed by atoms with Crippen LogP contribution in [-0.4, -0.2) is 11.6 Å². The first-order chi connectivity index (χ1) is 9.19. The Morgan fingerprint density at radius 1 is 1.37 bits per heavy atom. The highest BCUT2D eigenvalue weighted by Gasteiger charge is 2.06. The van der Waals surface area contributed by atoms with Gasteiger partial charge in [-0.25, -0.2) is 4.98 Å². The van der Waals surface area contributed by atoms with Crippen molar-refractivity contribution >= 4 is 22.9 Å². The molecule has 0 radical (unpaired) electrons. The fourth-order valence-corrected chi connectivity index (χ4v) is 2.65. The Bertz CT molecular complexity index is 512. The number of halogens is 1. The van der Waals surface area contributed by atoms with Crippen molar-refractivity contribution in [3.05, 3.63) is 45.4 Å². The maximum atomic E-state index is 5.85. The van der Waals surface area contributed by atoms with Crippen molar-refractivity contribution in [2.24, 2.45) is 0 Å². The average Bonchev–Trinajstić information content (AvgIpc) is 2.83. The fraction of sp³-hybridized carbons (Fsp3) is 0.357. The van der Waals surface area contributed by atoms with Crippen molar-refractivity contribution in [2.45, 2.75) is 26.4 Å². The summed E-state index contributed by atoms with van der Waals surface area (Å²) in [6.07, 6.45) is 1.69. The maximum Gasteiger partial charge on any atom is 0.119 e. The molecule has 1 aromatic carbocycles. The van der Waals surface area contributed by atoms with Crippen LogP contribution in [0.3, 0.4) is 0 Å². The highest BCUT2D eigenvalue weighted by Crippen LogP contribution is 2.20. The monoisotopic (exact) mass is 296 g/mol. The van der Waals surface area contributed by atoms with Gasteiger partial charge in [0.15, 0.2) is 0 Å². The summed E-state index contributed by atoms with van der Waals surface area (Å²) >= 11 is 7.36. The van der Waals surface area contributed by atoms with Gasteiger partial charge in [0, 0.05) is 12.6 Å². The van der Waals surface area contributed by atoms with Gasteiger partial charge in [-0.05, 0) is 31.5 Å². The van der Waals surface area contributed by atoms with E-state index < -0.39 is 0 Å². The molecule has 0 fully saturated rings. The van der Waals surface area contributed by atoms with E-state index in [1.165, 1.54) is 16.9 Å². The van der Waals surface area contributed by atoms with Crippen LogP contribution in [0.2, 0.25) is 4.34 Å². The number of aromatic nitrogens is 1. The second kappa shape index (κ2) is 6.89. The number of nitrogens with one attached hydrogen (secondary N) is 1. The number of nitrogens with zero attached hydrogens (tertiary/aromatic N) is 1. The number of hydrogen-bond donors (Lipinski definition) is 1. The second-order valence-electron chi connectivity index (χ2n) is 4.16. The van der Waals surface area contributed by atoms with Gasteiger partial charge in [0.2, 0.25) is 0 Å². The van der Waals surface area contributed by atoms with Crippen molar-refractivity contribution < 1.29 is 4.74 Å². The van der Waals surface area contributed by atoms with E-state index in [4.69, 9.17) is 16.3 Å². The lowest BCUT2D eigenvalue weighted by Gasteiger charge is -2.13. The van der Waals surface area contributed by atoms with Crippen molar-refractivity contribution in [3.63, 3.8) is 0 Å². The van der Waals surface area contributed by atoms with Crippen molar-refractivity contribution in [3.8, 4) is 5.75 Å². The highest BCUT2D eigenvalue weighted by molar-refractivity contribution is 7.15. The van der Waals surface area contributed by atoms with Crippen LogP contribution in [0.1, 0.15) is 30.5 Å². The van der Waals surface area contributed by atoms with E-state index >= 15 is 0 Å². The Morgan fingerprint density at radius 2 is 2.11 bits per heavy atom. The Labute approximate surface area is 122 Å². The minimum Gasteiger partial charge on any atom is -0.494 e. The van der Waals surface area contributed by atoms with E-state index in [9.17, 15) is 0 Å².